The fraction of sp³-hybridized carbons (Fsp3) is 0.515. The minimum atomic E-state index is -0.970. The molecule has 15 heteroatoms. The number of aromatic nitrogens is 2. The van der Waals surface area contributed by atoms with E-state index >= 15 is 0 Å². The molecule has 3 aromatic rings. The molecule has 5 rings (SSSR count). The van der Waals surface area contributed by atoms with E-state index < -0.39 is 34.2 Å². The van der Waals surface area contributed by atoms with Crippen LogP contribution in [0, 0.1) is 17.0 Å². The van der Waals surface area contributed by atoms with Gasteiger partial charge in [0.05, 0.1) is 36.1 Å². The van der Waals surface area contributed by atoms with Gasteiger partial charge in [-0.15, -0.1) is 12.4 Å². The van der Waals surface area contributed by atoms with Crippen molar-refractivity contribution in [3.05, 3.63) is 47.2 Å². The first kappa shape index (κ1) is 37.5. The van der Waals surface area contributed by atoms with E-state index in [1.165, 1.54) is 12.4 Å². The first-order valence-corrected chi connectivity index (χ1v) is 16.2. The van der Waals surface area contributed by atoms with E-state index in [4.69, 9.17) is 21.1 Å². The molecule has 2 fully saturated rings. The summed E-state index contributed by atoms with van der Waals surface area (Å²) in [5, 5.41) is 12.2. The predicted octanol–water partition coefficient (Wildman–Crippen LogP) is 5.44. The second-order valence-corrected chi connectivity index (χ2v) is 13.5. The Bertz CT molecular complexity index is 1620. The molecule has 2 saturated heterocycles. The lowest BCUT2D eigenvalue weighted by molar-refractivity contribution is -0.140. The highest BCUT2D eigenvalue weighted by atomic mass is 35.5. The number of likely N-dealkylation sites (N-methyl/N-ethyl adjacent to an activating group) is 1. The van der Waals surface area contributed by atoms with Gasteiger partial charge in [0.25, 0.3) is 0 Å². The number of fused-ring (bicyclic) bond motifs is 1. The van der Waals surface area contributed by atoms with Crippen molar-refractivity contribution < 1.29 is 27.8 Å². The van der Waals surface area contributed by atoms with Crippen molar-refractivity contribution in [1.82, 2.24) is 25.5 Å². The molecule has 0 saturated carbocycles. The summed E-state index contributed by atoms with van der Waals surface area (Å²) in [5.74, 6) is -1.77. The van der Waals surface area contributed by atoms with Crippen molar-refractivity contribution in [2.75, 3.05) is 44.0 Å². The second-order valence-electron chi connectivity index (χ2n) is 13.1. The molecule has 0 bridgehead atoms. The quantitative estimate of drug-likeness (QED) is 0.193. The Balaban J connectivity index is 0.00000520. The van der Waals surface area contributed by atoms with Gasteiger partial charge in [-0.25, -0.2) is 18.7 Å². The molecular weight excluding hydrogens is 667 g/mol. The van der Waals surface area contributed by atoms with Crippen LogP contribution in [0.5, 0.6) is 5.75 Å². The monoisotopic (exact) mass is 709 g/mol. The number of amides is 2. The standard InChI is InChI=1S/C33H42ClF2N7O4.ClH/c1-18(37-5)15-38-29(33(2,3)4)32(45)43-11-6-7-25(43)31(44)42-24-13-20-23(14-26(24)47-19-10-12-46-16-19)39-17-40-30(20)41-22-9-8-21(35)27(34)28(22)36;/h8-9,13-14,17-19,25,29,37-38H,6-7,10-12,15-16H2,1-5H3,(H,42,44)(H,39,40,41);1H/t18-,19+,25-,29+;/m0./s1. The fourth-order valence-corrected chi connectivity index (χ4v) is 5.92. The summed E-state index contributed by atoms with van der Waals surface area (Å²) in [5.41, 5.74) is 0.304. The molecule has 2 aliphatic heterocycles. The highest BCUT2D eigenvalue weighted by molar-refractivity contribution is 6.31. The normalized spacial score (nSPS) is 19.1. The zero-order valence-electron chi connectivity index (χ0n) is 27.7. The minimum absolute atomic E-state index is 0. The Morgan fingerprint density at radius 1 is 1.17 bits per heavy atom. The van der Waals surface area contributed by atoms with Crippen LogP contribution in [-0.4, -0.2) is 84.3 Å². The molecule has 1 aromatic heterocycles. The number of hydrogen-bond acceptors (Lipinski definition) is 9. The van der Waals surface area contributed by atoms with Gasteiger partial charge in [-0.05, 0) is 50.4 Å². The number of anilines is 3. The molecular formula is C33H43Cl2F2N7O4. The van der Waals surface area contributed by atoms with Crippen molar-refractivity contribution in [3.8, 4) is 5.75 Å². The molecule has 0 aliphatic carbocycles. The van der Waals surface area contributed by atoms with Crippen LogP contribution in [0.3, 0.4) is 0 Å². The molecule has 11 nitrogen and oxygen atoms in total. The smallest absolute Gasteiger partial charge is 0.247 e. The molecule has 4 atom stereocenters. The van der Waals surface area contributed by atoms with E-state index in [1.807, 2.05) is 34.7 Å². The molecule has 0 unspecified atom stereocenters. The van der Waals surface area contributed by atoms with Crippen LogP contribution in [0.15, 0.2) is 30.6 Å². The highest BCUT2D eigenvalue weighted by Crippen LogP contribution is 2.36. The Labute approximate surface area is 290 Å². The number of benzene rings is 2. The first-order valence-electron chi connectivity index (χ1n) is 15.8. The summed E-state index contributed by atoms with van der Waals surface area (Å²) in [4.78, 5) is 38.2. The van der Waals surface area contributed by atoms with Crippen LogP contribution in [0.1, 0.15) is 47.0 Å². The number of ether oxygens (including phenoxy) is 2. The largest absolute Gasteiger partial charge is 0.486 e. The van der Waals surface area contributed by atoms with E-state index in [1.54, 1.807) is 17.0 Å². The van der Waals surface area contributed by atoms with Crippen LogP contribution in [0.4, 0.5) is 26.0 Å². The summed E-state index contributed by atoms with van der Waals surface area (Å²) in [6.07, 6.45) is 2.92. The SMILES string of the molecule is CN[C@@H](C)CN[C@H](C(=O)N1CCC[C@H]1C(=O)Nc1cc2c(Nc3ccc(F)c(Cl)c3F)ncnc2cc1O[C@@H]1CCOC1)C(C)(C)C.Cl. The van der Waals surface area contributed by atoms with Gasteiger partial charge in [0.15, 0.2) is 5.82 Å². The van der Waals surface area contributed by atoms with Crippen LogP contribution >= 0.6 is 24.0 Å². The van der Waals surface area contributed by atoms with E-state index in [-0.39, 0.29) is 47.9 Å². The fourth-order valence-electron chi connectivity index (χ4n) is 5.76. The van der Waals surface area contributed by atoms with Gasteiger partial charge >= 0.3 is 0 Å². The topological polar surface area (TPSA) is 130 Å². The molecule has 0 radical (unpaired) electrons. The van der Waals surface area contributed by atoms with Gasteiger partial charge in [-0.1, -0.05) is 32.4 Å². The maximum atomic E-state index is 14.8. The van der Waals surface area contributed by atoms with Crippen molar-refractivity contribution in [2.24, 2.45) is 5.41 Å². The van der Waals surface area contributed by atoms with Gasteiger partial charge in [-0.3, -0.25) is 9.59 Å². The molecule has 2 aliphatic rings. The third-order valence-electron chi connectivity index (χ3n) is 8.54. The Hall–Kier alpha value is -3.36. The average Bonchev–Trinajstić information content (AvgIpc) is 3.74. The van der Waals surface area contributed by atoms with Crippen LogP contribution in [-0.2, 0) is 14.3 Å². The molecule has 2 amide bonds. The number of halogens is 4. The van der Waals surface area contributed by atoms with Gasteiger partial charge in [0.2, 0.25) is 11.8 Å². The maximum absolute atomic E-state index is 14.8. The van der Waals surface area contributed by atoms with Crippen LogP contribution in [0.2, 0.25) is 5.02 Å². The maximum Gasteiger partial charge on any atom is 0.247 e. The Kier molecular flexibility index (Phi) is 12.4. The third-order valence-corrected chi connectivity index (χ3v) is 8.88. The third kappa shape index (κ3) is 8.43. The van der Waals surface area contributed by atoms with E-state index in [2.05, 4.69) is 31.2 Å². The van der Waals surface area contributed by atoms with Gasteiger partial charge in [-0.2, -0.15) is 0 Å². The number of carbonyl (C=O) groups is 2. The van der Waals surface area contributed by atoms with Gasteiger partial charge in [0, 0.05) is 37.0 Å². The van der Waals surface area contributed by atoms with Crippen molar-refractivity contribution in [2.45, 2.75) is 71.2 Å². The number of rotatable bonds is 11. The van der Waals surface area contributed by atoms with Gasteiger partial charge in [0.1, 0.15) is 40.9 Å². The lowest BCUT2D eigenvalue weighted by Gasteiger charge is -2.36. The number of nitrogens with one attached hydrogen (secondary N) is 4. The number of hydrogen-bond donors (Lipinski definition) is 4. The second kappa shape index (κ2) is 15.9. The molecule has 262 valence electrons. The Morgan fingerprint density at radius 2 is 1.94 bits per heavy atom. The Morgan fingerprint density at radius 3 is 2.62 bits per heavy atom. The molecule has 0 spiro atoms. The summed E-state index contributed by atoms with van der Waals surface area (Å²) < 4.78 is 40.4. The number of carbonyl (C=O) groups excluding carboxylic acids is 2. The predicted molar refractivity (Wildman–Crippen MR) is 184 cm³/mol. The van der Waals surface area contributed by atoms with Crippen molar-refractivity contribution >= 4 is 63.9 Å². The minimum Gasteiger partial charge on any atom is -0.486 e. The molecule has 4 N–H and O–H groups in total. The average molecular weight is 711 g/mol. The first-order chi connectivity index (χ1) is 22.4. The number of likely N-dealkylation sites (tertiary alicyclic amines) is 1. The summed E-state index contributed by atoms with van der Waals surface area (Å²) in [7, 11) is 1.87. The van der Waals surface area contributed by atoms with E-state index in [0.717, 1.165) is 6.07 Å². The summed E-state index contributed by atoms with van der Waals surface area (Å²) in [6.45, 7) is 10.0. The summed E-state index contributed by atoms with van der Waals surface area (Å²) in [6, 6.07) is 4.54. The van der Waals surface area contributed by atoms with Crippen molar-refractivity contribution in [3.63, 3.8) is 0 Å². The van der Waals surface area contributed by atoms with Crippen molar-refractivity contribution in [1.29, 1.82) is 0 Å². The number of nitrogens with zero attached hydrogens (tertiary/aromatic N) is 3. The lowest BCUT2D eigenvalue weighted by atomic mass is 9.85. The molecule has 3 heterocycles. The van der Waals surface area contributed by atoms with E-state index in [0.29, 0.717) is 67.9 Å². The highest BCUT2D eigenvalue weighted by Gasteiger charge is 2.41. The van der Waals surface area contributed by atoms with Crippen LogP contribution < -0.4 is 26.0 Å². The van der Waals surface area contributed by atoms with Gasteiger partial charge < -0.3 is 35.6 Å². The zero-order valence-corrected chi connectivity index (χ0v) is 29.2. The summed E-state index contributed by atoms with van der Waals surface area (Å²) >= 11 is 5.80. The zero-order chi connectivity index (χ0) is 33.9. The van der Waals surface area contributed by atoms with E-state index in [9.17, 15) is 18.4 Å². The van der Waals surface area contributed by atoms with Crippen LogP contribution in [0.25, 0.3) is 10.9 Å². The lowest BCUT2D eigenvalue weighted by Crippen LogP contribution is -2.57. The molecule has 48 heavy (non-hydrogen) atoms. The molecule has 2 aromatic carbocycles.